The number of carbonyl (C=O) groups excluding carboxylic acids is 2. The van der Waals surface area contributed by atoms with Crippen LogP contribution in [0.5, 0.6) is 5.75 Å². The summed E-state index contributed by atoms with van der Waals surface area (Å²) < 4.78 is 16.6. The van der Waals surface area contributed by atoms with Gasteiger partial charge in [-0.3, -0.25) is 4.79 Å². The molecule has 7 nitrogen and oxygen atoms in total. The number of carbonyl (C=O) groups is 2. The first-order chi connectivity index (χ1) is 16.1. The highest BCUT2D eigenvalue weighted by atomic mass is 32.1. The molecule has 1 unspecified atom stereocenters. The lowest BCUT2D eigenvalue weighted by Crippen LogP contribution is -2.16. The zero-order valence-corrected chi connectivity index (χ0v) is 19.2. The predicted octanol–water partition coefficient (Wildman–Crippen LogP) is 4.55. The lowest BCUT2D eigenvalue weighted by Gasteiger charge is -2.11. The summed E-state index contributed by atoms with van der Waals surface area (Å²) >= 11 is 1.37. The van der Waals surface area contributed by atoms with Crippen LogP contribution in [0.15, 0.2) is 53.9 Å². The lowest BCUT2D eigenvalue weighted by molar-refractivity contribution is -0.115. The average Bonchev–Trinajstić information content (AvgIpc) is 3.50. The number of amides is 1. The molecular weight excluding hydrogens is 440 g/mol. The molecular formula is C25H26N2O5S. The molecule has 2 aromatic carbocycles. The highest BCUT2D eigenvalue weighted by Gasteiger charge is 2.16. The molecule has 0 radical (unpaired) electrons. The third-order valence-corrected chi connectivity index (χ3v) is 6.13. The monoisotopic (exact) mass is 466 g/mol. The maximum atomic E-state index is 12.3. The number of rotatable bonds is 9. The number of aromatic nitrogens is 1. The van der Waals surface area contributed by atoms with Crippen molar-refractivity contribution in [2.75, 3.05) is 18.5 Å². The van der Waals surface area contributed by atoms with Gasteiger partial charge in [-0.15, -0.1) is 11.3 Å². The first kappa shape index (κ1) is 22.9. The number of hydrogen-bond donors (Lipinski definition) is 1. The van der Waals surface area contributed by atoms with Crippen LogP contribution >= 0.6 is 11.3 Å². The number of thiazole rings is 1. The van der Waals surface area contributed by atoms with Gasteiger partial charge in [-0.25, -0.2) is 9.78 Å². The van der Waals surface area contributed by atoms with Gasteiger partial charge in [0, 0.05) is 17.7 Å². The Labute approximate surface area is 196 Å². The Kier molecular flexibility index (Phi) is 7.70. The number of nitrogens with one attached hydrogen (secondary N) is 1. The van der Waals surface area contributed by atoms with Gasteiger partial charge in [0.15, 0.2) is 0 Å². The van der Waals surface area contributed by atoms with Crippen LogP contribution in [0.25, 0.3) is 0 Å². The fraction of sp³-hybridized carbons (Fsp3) is 0.320. The van der Waals surface area contributed by atoms with Gasteiger partial charge in [-0.1, -0.05) is 18.2 Å². The molecule has 3 aromatic rings. The third-order valence-electron chi connectivity index (χ3n) is 5.23. The second-order valence-electron chi connectivity index (χ2n) is 7.82. The number of aryl methyl sites for hydroxylation is 1. The van der Waals surface area contributed by atoms with Gasteiger partial charge in [0.2, 0.25) is 5.91 Å². The second-order valence-corrected chi connectivity index (χ2v) is 8.76. The van der Waals surface area contributed by atoms with Gasteiger partial charge >= 0.3 is 5.97 Å². The summed E-state index contributed by atoms with van der Waals surface area (Å²) in [7, 11) is 0. The molecule has 0 aliphatic carbocycles. The van der Waals surface area contributed by atoms with Gasteiger partial charge in [0.1, 0.15) is 24.0 Å². The number of benzene rings is 2. The molecule has 1 N–H and O–H groups in total. The van der Waals surface area contributed by atoms with E-state index in [1.165, 1.54) is 11.3 Å². The van der Waals surface area contributed by atoms with Crippen molar-refractivity contribution in [3.8, 4) is 5.75 Å². The molecule has 2 heterocycles. The van der Waals surface area contributed by atoms with E-state index < -0.39 is 5.97 Å². The summed E-state index contributed by atoms with van der Waals surface area (Å²) in [5.74, 6) is 0.117. The van der Waals surface area contributed by atoms with E-state index in [0.29, 0.717) is 28.6 Å². The zero-order valence-electron chi connectivity index (χ0n) is 18.4. The minimum atomic E-state index is -0.437. The topological polar surface area (TPSA) is 86.8 Å². The Hall–Kier alpha value is -3.23. The van der Waals surface area contributed by atoms with Gasteiger partial charge in [-0.2, -0.15) is 0 Å². The molecule has 0 bridgehead atoms. The maximum absolute atomic E-state index is 12.3. The van der Waals surface area contributed by atoms with Crippen LogP contribution in [0.3, 0.4) is 0 Å². The standard InChI is InChI=1S/C25H26N2O5S/c1-17-5-2-3-7-22(17)27-23(28)13-24-26-19(16-33-24)14-32-25(29)18-8-10-20(11-9-18)31-15-21-6-4-12-30-21/h2-3,5,7-11,16,21H,4,6,12-15H2,1H3,(H,27,28). The number of ether oxygens (including phenoxy) is 3. The number of nitrogens with zero attached hydrogens (tertiary/aromatic N) is 1. The van der Waals surface area contributed by atoms with Gasteiger partial charge in [0.25, 0.3) is 0 Å². The van der Waals surface area contributed by atoms with E-state index in [1.54, 1.807) is 29.6 Å². The number of hydrogen-bond acceptors (Lipinski definition) is 7. The SMILES string of the molecule is Cc1ccccc1NC(=O)Cc1nc(COC(=O)c2ccc(OCC3CCCO3)cc2)cs1. The highest BCUT2D eigenvalue weighted by molar-refractivity contribution is 7.09. The first-order valence-electron chi connectivity index (χ1n) is 10.9. The molecule has 1 amide bonds. The van der Waals surface area contributed by atoms with E-state index in [1.807, 2.05) is 31.2 Å². The summed E-state index contributed by atoms with van der Waals surface area (Å²) in [5, 5.41) is 5.36. The van der Waals surface area contributed by atoms with E-state index >= 15 is 0 Å². The summed E-state index contributed by atoms with van der Waals surface area (Å²) in [5.41, 5.74) is 2.84. The molecule has 4 rings (SSSR count). The van der Waals surface area contributed by atoms with Crippen LogP contribution in [0.4, 0.5) is 5.69 Å². The molecule has 33 heavy (non-hydrogen) atoms. The van der Waals surface area contributed by atoms with Crippen LogP contribution in [0, 0.1) is 6.92 Å². The Bertz CT molecular complexity index is 1090. The largest absolute Gasteiger partial charge is 0.491 e. The Morgan fingerprint density at radius 3 is 2.76 bits per heavy atom. The number of para-hydroxylation sites is 1. The fourth-order valence-electron chi connectivity index (χ4n) is 3.42. The van der Waals surface area contributed by atoms with Crippen LogP contribution in [0.2, 0.25) is 0 Å². The number of esters is 1. The van der Waals surface area contributed by atoms with Crippen molar-refractivity contribution < 1.29 is 23.8 Å². The Morgan fingerprint density at radius 1 is 1.18 bits per heavy atom. The summed E-state index contributed by atoms with van der Waals surface area (Å²) in [6.07, 6.45) is 2.39. The predicted molar refractivity (Wildman–Crippen MR) is 126 cm³/mol. The van der Waals surface area contributed by atoms with Gasteiger partial charge in [0.05, 0.1) is 23.8 Å². The van der Waals surface area contributed by atoms with Crippen molar-refractivity contribution in [1.29, 1.82) is 0 Å². The minimum Gasteiger partial charge on any atom is -0.491 e. The second kappa shape index (κ2) is 11.1. The molecule has 1 aliphatic rings. The first-order valence-corrected chi connectivity index (χ1v) is 11.7. The van der Waals surface area contributed by atoms with E-state index in [0.717, 1.165) is 30.7 Å². The van der Waals surface area contributed by atoms with E-state index in [4.69, 9.17) is 14.2 Å². The summed E-state index contributed by atoms with van der Waals surface area (Å²) in [4.78, 5) is 29.0. The van der Waals surface area contributed by atoms with Gasteiger partial charge < -0.3 is 19.5 Å². The maximum Gasteiger partial charge on any atom is 0.338 e. The third kappa shape index (κ3) is 6.63. The average molecular weight is 467 g/mol. The lowest BCUT2D eigenvalue weighted by atomic mass is 10.2. The minimum absolute atomic E-state index is 0.0476. The molecule has 1 aromatic heterocycles. The molecule has 1 saturated heterocycles. The van der Waals surface area contributed by atoms with Crippen molar-refractivity contribution >= 4 is 28.9 Å². The smallest absolute Gasteiger partial charge is 0.338 e. The highest BCUT2D eigenvalue weighted by Crippen LogP contribution is 2.18. The van der Waals surface area contributed by atoms with E-state index in [-0.39, 0.29) is 25.0 Å². The van der Waals surface area contributed by atoms with Crippen molar-refractivity contribution in [1.82, 2.24) is 4.98 Å². The summed E-state index contributed by atoms with van der Waals surface area (Å²) in [6, 6.07) is 14.5. The quantitative estimate of drug-likeness (QED) is 0.466. The molecule has 172 valence electrons. The van der Waals surface area contributed by atoms with Crippen LogP contribution in [-0.4, -0.2) is 36.2 Å². The Balaban J connectivity index is 1.22. The van der Waals surface area contributed by atoms with Crippen molar-refractivity contribution in [2.45, 2.75) is 38.9 Å². The molecule has 1 atom stereocenters. The normalized spacial score (nSPS) is 15.2. The van der Waals surface area contributed by atoms with Crippen molar-refractivity contribution in [3.05, 3.63) is 75.7 Å². The van der Waals surface area contributed by atoms with Crippen molar-refractivity contribution in [2.24, 2.45) is 0 Å². The van der Waals surface area contributed by atoms with Gasteiger partial charge in [-0.05, 0) is 55.7 Å². The molecule has 0 saturated carbocycles. The molecule has 0 spiro atoms. The van der Waals surface area contributed by atoms with Crippen molar-refractivity contribution in [3.63, 3.8) is 0 Å². The van der Waals surface area contributed by atoms with Crippen LogP contribution < -0.4 is 10.1 Å². The summed E-state index contributed by atoms with van der Waals surface area (Å²) in [6.45, 7) is 3.29. The Morgan fingerprint density at radius 2 is 2.00 bits per heavy atom. The van der Waals surface area contributed by atoms with E-state index in [9.17, 15) is 9.59 Å². The molecule has 1 aliphatic heterocycles. The number of anilines is 1. The van der Waals surface area contributed by atoms with E-state index in [2.05, 4.69) is 10.3 Å². The molecule has 8 heteroatoms. The fourth-order valence-corrected chi connectivity index (χ4v) is 4.19. The van der Waals surface area contributed by atoms with Crippen LogP contribution in [-0.2, 0) is 27.3 Å². The zero-order chi connectivity index (χ0) is 23.0. The molecule has 1 fully saturated rings. The van der Waals surface area contributed by atoms with Crippen LogP contribution in [0.1, 0.15) is 39.5 Å².